The van der Waals surface area contributed by atoms with Gasteiger partial charge >= 0.3 is 0 Å². The Hall–Kier alpha value is -3.12. The maximum atomic E-state index is 13.9. The minimum atomic E-state index is -0.817. The molecular weight excluding hydrogens is 414 g/mol. The highest BCUT2D eigenvalue weighted by Crippen LogP contribution is 2.39. The lowest BCUT2D eigenvalue weighted by Crippen LogP contribution is -2.14. The van der Waals surface area contributed by atoms with Crippen molar-refractivity contribution in [2.75, 3.05) is 5.32 Å². The standard InChI is InChI=1S/C25H22F2N2OS/c1-3-7-15(4-2)17-13-12-16-8-5-11-21-23(18(16)14-17)31-25(28-21)24(30)29-22-19(26)9-6-10-20(22)27/h3-4,6,9-10,12-14H,1,5,7-8,11H2,2H3,(H,29,30)/b15-4+. The van der Waals surface area contributed by atoms with E-state index in [0.29, 0.717) is 0 Å². The van der Waals surface area contributed by atoms with E-state index in [0.717, 1.165) is 59.5 Å². The second-order valence-electron chi connectivity index (χ2n) is 7.38. The summed E-state index contributed by atoms with van der Waals surface area (Å²) in [6, 6.07) is 9.88. The van der Waals surface area contributed by atoms with Gasteiger partial charge in [-0.1, -0.05) is 30.4 Å². The van der Waals surface area contributed by atoms with Crippen LogP contribution >= 0.6 is 11.3 Å². The molecule has 0 aliphatic heterocycles. The third kappa shape index (κ3) is 4.21. The first kappa shape index (κ1) is 21.1. The predicted molar refractivity (Wildman–Crippen MR) is 122 cm³/mol. The molecule has 0 unspecified atom stereocenters. The molecule has 3 nitrogen and oxygen atoms in total. The second kappa shape index (κ2) is 8.94. The summed E-state index contributed by atoms with van der Waals surface area (Å²) in [4.78, 5) is 18.2. The lowest BCUT2D eigenvalue weighted by atomic mass is 9.95. The van der Waals surface area contributed by atoms with Crippen molar-refractivity contribution in [2.24, 2.45) is 0 Å². The van der Waals surface area contributed by atoms with Gasteiger partial charge in [0, 0.05) is 0 Å². The van der Waals surface area contributed by atoms with E-state index < -0.39 is 23.2 Å². The highest BCUT2D eigenvalue weighted by atomic mass is 32.1. The number of carbonyl (C=O) groups is 1. The normalized spacial score (nSPS) is 13.2. The number of anilines is 1. The number of hydrogen-bond acceptors (Lipinski definition) is 3. The molecule has 3 aromatic rings. The first-order chi connectivity index (χ1) is 15.0. The van der Waals surface area contributed by atoms with E-state index in [1.807, 2.05) is 13.0 Å². The van der Waals surface area contributed by atoms with Crippen molar-refractivity contribution in [2.45, 2.75) is 32.6 Å². The maximum Gasteiger partial charge on any atom is 0.284 e. The first-order valence-corrected chi connectivity index (χ1v) is 11.0. The Morgan fingerprint density at radius 1 is 1.23 bits per heavy atom. The van der Waals surface area contributed by atoms with Crippen LogP contribution in [0.1, 0.15) is 46.4 Å². The third-order valence-corrected chi connectivity index (χ3v) is 6.52. The molecule has 0 bridgehead atoms. The largest absolute Gasteiger partial charge is 0.315 e. The second-order valence-corrected chi connectivity index (χ2v) is 8.38. The highest BCUT2D eigenvalue weighted by molar-refractivity contribution is 7.17. The Labute approximate surface area is 184 Å². The Morgan fingerprint density at radius 3 is 2.71 bits per heavy atom. The zero-order chi connectivity index (χ0) is 22.0. The minimum absolute atomic E-state index is 0.197. The molecule has 0 fully saturated rings. The van der Waals surface area contributed by atoms with E-state index in [1.54, 1.807) is 0 Å². The molecule has 6 heteroatoms. The number of nitrogens with zero attached hydrogens (tertiary/aromatic N) is 1. The fourth-order valence-corrected chi connectivity index (χ4v) is 4.88. The van der Waals surface area contributed by atoms with E-state index >= 15 is 0 Å². The Bertz CT molecular complexity index is 1180. The van der Waals surface area contributed by atoms with Gasteiger partial charge in [0.15, 0.2) is 5.01 Å². The zero-order valence-electron chi connectivity index (χ0n) is 17.2. The van der Waals surface area contributed by atoms with E-state index in [-0.39, 0.29) is 5.01 Å². The molecule has 4 rings (SSSR count). The average Bonchev–Trinajstić information content (AvgIpc) is 3.11. The highest BCUT2D eigenvalue weighted by Gasteiger charge is 2.23. The van der Waals surface area contributed by atoms with Crippen LogP contribution in [0, 0.1) is 11.6 Å². The van der Waals surface area contributed by atoms with Gasteiger partial charge in [0.1, 0.15) is 17.3 Å². The van der Waals surface area contributed by atoms with Crippen molar-refractivity contribution in [3.63, 3.8) is 0 Å². The smallest absolute Gasteiger partial charge is 0.284 e. The number of nitrogens with one attached hydrogen (secondary N) is 1. The molecule has 0 spiro atoms. The Balaban J connectivity index is 1.71. The van der Waals surface area contributed by atoms with Crippen LogP contribution in [-0.2, 0) is 12.8 Å². The fraction of sp³-hybridized carbons (Fsp3) is 0.200. The van der Waals surface area contributed by atoms with Crippen LogP contribution in [0.25, 0.3) is 16.0 Å². The fourth-order valence-electron chi connectivity index (χ4n) is 3.82. The molecule has 1 N–H and O–H groups in total. The van der Waals surface area contributed by atoms with Crippen LogP contribution in [0.5, 0.6) is 0 Å². The van der Waals surface area contributed by atoms with Crippen molar-refractivity contribution in [3.05, 3.63) is 88.6 Å². The molecule has 1 aliphatic rings. The van der Waals surface area contributed by atoms with Gasteiger partial charge in [-0.15, -0.1) is 17.9 Å². The lowest BCUT2D eigenvalue weighted by Gasteiger charge is -2.11. The van der Waals surface area contributed by atoms with Gasteiger partial charge in [0.05, 0.1) is 10.6 Å². The van der Waals surface area contributed by atoms with E-state index in [4.69, 9.17) is 0 Å². The molecule has 1 aromatic heterocycles. The number of halogens is 2. The van der Waals surface area contributed by atoms with Gasteiger partial charge in [0.25, 0.3) is 5.91 Å². The van der Waals surface area contributed by atoms with Crippen LogP contribution < -0.4 is 5.32 Å². The molecule has 0 saturated carbocycles. The Kier molecular flexibility index (Phi) is 6.09. The summed E-state index contributed by atoms with van der Waals surface area (Å²) >= 11 is 1.26. The van der Waals surface area contributed by atoms with Crippen molar-refractivity contribution < 1.29 is 13.6 Å². The van der Waals surface area contributed by atoms with E-state index in [9.17, 15) is 13.6 Å². The SMILES string of the molecule is C=CC/C(=C\C)c1ccc2c(c1)-c1sc(C(=O)Nc3c(F)cccc3F)nc1CCC2. The summed E-state index contributed by atoms with van der Waals surface area (Å²) in [7, 11) is 0. The van der Waals surface area contributed by atoms with Gasteiger partial charge < -0.3 is 5.32 Å². The molecular formula is C25H22F2N2OS. The van der Waals surface area contributed by atoms with Gasteiger partial charge in [-0.05, 0) is 73.1 Å². The van der Waals surface area contributed by atoms with Crippen molar-refractivity contribution >= 4 is 28.5 Å². The molecule has 0 atom stereocenters. The first-order valence-electron chi connectivity index (χ1n) is 10.2. The maximum absolute atomic E-state index is 13.9. The Morgan fingerprint density at radius 2 is 2.00 bits per heavy atom. The average molecular weight is 437 g/mol. The van der Waals surface area contributed by atoms with Gasteiger partial charge in [-0.2, -0.15) is 0 Å². The molecule has 1 aliphatic carbocycles. The number of hydrogen-bond donors (Lipinski definition) is 1. The zero-order valence-corrected chi connectivity index (χ0v) is 18.0. The summed E-state index contributed by atoms with van der Waals surface area (Å²) in [5.41, 5.74) is 4.98. The van der Waals surface area contributed by atoms with Crippen LogP contribution in [0.15, 0.2) is 55.1 Å². The predicted octanol–water partition coefficient (Wildman–Crippen LogP) is 6.81. The number of aryl methyl sites for hydroxylation is 2. The number of carbonyl (C=O) groups excluding carboxylic acids is 1. The quantitative estimate of drug-likeness (QED) is 0.447. The number of thiazole rings is 1. The van der Waals surface area contributed by atoms with Crippen molar-refractivity contribution in [3.8, 4) is 10.4 Å². The molecule has 31 heavy (non-hydrogen) atoms. The van der Waals surface area contributed by atoms with Gasteiger partial charge in [-0.25, -0.2) is 13.8 Å². The van der Waals surface area contributed by atoms with Crippen LogP contribution in [0.3, 0.4) is 0 Å². The summed E-state index contributed by atoms with van der Waals surface area (Å²) in [5.74, 6) is -2.24. The van der Waals surface area contributed by atoms with Crippen molar-refractivity contribution in [1.82, 2.24) is 4.98 Å². The number of allylic oxidation sites excluding steroid dienone is 3. The van der Waals surface area contributed by atoms with Crippen LogP contribution in [0.2, 0.25) is 0 Å². The van der Waals surface area contributed by atoms with E-state index in [1.165, 1.54) is 28.5 Å². The topological polar surface area (TPSA) is 42.0 Å². The summed E-state index contributed by atoms with van der Waals surface area (Å²) in [6.07, 6.45) is 7.34. The minimum Gasteiger partial charge on any atom is -0.315 e. The molecule has 1 heterocycles. The van der Waals surface area contributed by atoms with Crippen molar-refractivity contribution in [1.29, 1.82) is 0 Å². The van der Waals surface area contributed by atoms with Crippen LogP contribution in [0.4, 0.5) is 14.5 Å². The number of fused-ring (bicyclic) bond motifs is 3. The summed E-state index contributed by atoms with van der Waals surface area (Å²) in [5, 5.41) is 2.54. The lowest BCUT2D eigenvalue weighted by molar-refractivity contribution is 0.102. The van der Waals surface area contributed by atoms with Crippen LogP contribution in [-0.4, -0.2) is 10.9 Å². The molecule has 0 saturated heterocycles. The van der Waals surface area contributed by atoms with Gasteiger partial charge in [0.2, 0.25) is 0 Å². The molecule has 158 valence electrons. The number of para-hydroxylation sites is 1. The number of benzene rings is 2. The third-order valence-electron chi connectivity index (χ3n) is 5.39. The monoisotopic (exact) mass is 436 g/mol. The molecule has 1 amide bonds. The van der Waals surface area contributed by atoms with E-state index in [2.05, 4.69) is 41.2 Å². The summed E-state index contributed by atoms with van der Waals surface area (Å²) in [6.45, 7) is 5.84. The number of rotatable bonds is 5. The number of amides is 1. The van der Waals surface area contributed by atoms with Gasteiger partial charge in [-0.3, -0.25) is 4.79 Å². The summed E-state index contributed by atoms with van der Waals surface area (Å²) < 4.78 is 27.9. The molecule has 0 radical (unpaired) electrons. The molecule has 2 aromatic carbocycles. The number of aromatic nitrogens is 1.